The molecule has 0 bridgehead atoms. The zero-order valence-corrected chi connectivity index (χ0v) is 11.4. The predicted molar refractivity (Wildman–Crippen MR) is 72.7 cm³/mol. The molecule has 0 saturated carbocycles. The molecule has 1 aromatic heterocycles. The van der Waals surface area contributed by atoms with Crippen LogP contribution in [0.1, 0.15) is 21.6 Å². The molecule has 0 radical (unpaired) electrons. The molecule has 1 aromatic carbocycles. The maximum Gasteiger partial charge on any atom is 0.183 e. The van der Waals surface area contributed by atoms with Gasteiger partial charge in [0.2, 0.25) is 0 Å². The minimum absolute atomic E-state index is 0.0860. The van der Waals surface area contributed by atoms with Crippen molar-refractivity contribution in [2.24, 2.45) is 0 Å². The molecule has 4 heteroatoms. The van der Waals surface area contributed by atoms with Crippen LogP contribution in [0.2, 0.25) is 0 Å². The maximum atomic E-state index is 13.6. The van der Waals surface area contributed by atoms with Crippen molar-refractivity contribution in [1.29, 1.82) is 0 Å². The van der Waals surface area contributed by atoms with Gasteiger partial charge in [-0.25, -0.2) is 4.39 Å². The van der Waals surface area contributed by atoms with Crippen molar-refractivity contribution in [1.82, 2.24) is 4.98 Å². The number of nitrogens with one attached hydrogen (secondary N) is 1. The molecule has 0 fully saturated rings. The minimum Gasteiger partial charge on any atom is -0.359 e. The first-order valence-electron chi connectivity index (χ1n) is 5.18. The highest BCUT2D eigenvalue weighted by Crippen LogP contribution is 2.15. The van der Waals surface area contributed by atoms with Crippen LogP contribution in [0.3, 0.4) is 0 Å². The Morgan fingerprint density at radius 1 is 1.41 bits per heavy atom. The lowest BCUT2D eigenvalue weighted by Gasteiger charge is -2.02. The summed E-state index contributed by atoms with van der Waals surface area (Å²) in [6, 6.07) is 6.66. The van der Waals surface area contributed by atoms with Crippen LogP contribution in [0, 0.1) is 16.3 Å². The molecule has 88 valence electrons. The van der Waals surface area contributed by atoms with Gasteiger partial charge in [0.15, 0.2) is 5.78 Å². The van der Waals surface area contributed by atoms with E-state index in [1.165, 1.54) is 6.07 Å². The van der Waals surface area contributed by atoms with Crippen LogP contribution >= 0.6 is 22.6 Å². The molecule has 0 aliphatic rings. The predicted octanol–water partition coefficient (Wildman–Crippen LogP) is 3.49. The van der Waals surface area contributed by atoms with Crippen molar-refractivity contribution in [2.75, 3.05) is 0 Å². The average Bonchev–Trinajstić information content (AvgIpc) is 2.69. The van der Waals surface area contributed by atoms with E-state index in [0.717, 1.165) is 9.13 Å². The molecule has 2 aromatic rings. The minimum atomic E-state index is -0.325. The molecule has 1 heterocycles. The van der Waals surface area contributed by atoms with Gasteiger partial charge in [-0.3, -0.25) is 4.79 Å². The van der Waals surface area contributed by atoms with Crippen molar-refractivity contribution < 1.29 is 9.18 Å². The second-order valence-corrected chi connectivity index (χ2v) is 5.17. The fourth-order valence-corrected chi connectivity index (χ4v) is 2.05. The Kier molecular flexibility index (Phi) is 3.61. The molecular formula is C13H11FINO. The van der Waals surface area contributed by atoms with Gasteiger partial charge in [0.05, 0.1) is 5.69 Å². The molecule has 0 atom stereocenters. The summed E-state index contributed by atoms with van der Waals surface area (Å²) in [5.74, 6) is -0.424. The first kappa shape index (κ1) is 12.3. The van der Waals surface area contributed by atoms with Crippen LogP contribution in [-0.2, 0) is 6.42 Å². The van der Waals surface area contributed by atoms with Gasteiger partial charge in [0.25, 0.3) is 0 Å². The number of aromatic nitrogens is 1. The van der Waals surface area contributed by atoms with E-state index in [2.05, 4.69) is 4.98 Å². The molecule has 17 heavy (non-hydrogen) atoms. The lowest BCUT2D eigenvalue weighted by Crippen LogP contribution is -2.05. The Morgan fingerprint density at radius 2 is 2.18 bits per heavy atom. The van der Waals surface area contributed by atoms with Gasteiger partial charge in [0.1, 0.15) is 5.82 Å². The third-order valence-corrected chi connectivity index (χ3v) is 3.16. The molecule has 0 saturated heterocycles. The van der Waals surface area contributed by atoms with Gasteiger partial charge in [0, 0.05) is 16.2 Å². The molecule has 1 N–H and O–H groups in total. The standard InChI is InChI=1S/C13H11FINO/c1-8-4-12(16-7-8)13(17)5-9-2-3-10(15)6-11(9)14/h2-4,6-7,16H,5H2,1H3. The van der Waals surface area contributed by atoms with Crippen LogP contribution in [0.25, 0.3) is 0 Å². The number of halogens is 2. The highest BCUT2D eigenvalue weighted by molar-refractivity contribution is 14.1. The number of carbonyl (C=O) groups is 1. The van der Waals surface area contributed by atoms with E-state index in [1.807, 2.05) is 29.5 Å². The van der Waals surface area contributed by atoms with Crippen molar-refractivity contribution in [3.8, 4) is 0 Å². The number of hydrogen-bond acceptors (Lipinski definition) is 1. The number of H-pyrrole nitrogens is 1. The van der Waals surface area contributed by atoms with E-state index in [9.17, 15) is 9.18 Å². The lowest BCUT2D eigenvalue weighted by molar-refractivity contribution is 0.0987. The quantitative estimate of drug-likeness (QED) is 0.672. The highest BCUT2D eigenvalue weighted by Gasteiger charge is 2.11. The Bertz CT molecular complexity index is 562. The average molecular weight is 343 g/mol. The molecular weight excluding hydrogens is 332 g/mol. The number of aryl methyl sites for hydroxylation is 1. The van der Waals surface area contributed by atoms with Gasteiger partial charge in [-0.2, -0.15) is 0 Å². The number of Topliss-reactive ketones (excluding diaryl/α,β-unsaturated/α-hetero) is 1. The van der Waals surface area contributed by atoms with Gasteiger partial charge >= 0.3 is 0 Å². The monoisotopic (exact) mass is 343 g/mol. The summed E-state index contributed by atoms with van der Waals surface area (Å²) < 4.78 is 14.4. The SMILES string of the molecule is Cc1c[nH]c(C(=O)Cc2ccc(I)cc2F)c1. The molecule has 2 rings (SSSR count). The highest BCUT2D eigenvalue weighted by atomic mass is 127. The van der Waals surface area contributed by atoms with Crippen LogP contribution in [0.4, 0.5) is 4.39 Å². The van der Waals surface area contributed by atoms with Gasteiger partial charge in [-0.1, -0.05) is 6.07 Å². The molecule has 0 spiro atoms. The maximum absolute atomic E-state index is 13.6. The lowest BCUT2D eigenvalue weighted by atomic mass is 10.1. The molecule has 0 aliphatic heterocycles. The van der Waals surface area contributed by atoms with Crippen molar-refractivity contribution in [3.63, 3.8) is 0 Å². The number of carbonyl (C=O) groups excluding carboxylic acids is 1. The Balaban J connectivity index is 2.18. The summed E-state index contributed by atoms with van der Waals surface area (Å²) in [7, 11) is 0. The summed E-state index contributed by atoms with van der Waals surface area (Å²) in [6.07, 6.45) is 1.85. The largest absolute Gasteiger partial charge is 0.359 e. The number of rotatable bonds is 3. The first-order valence-corrected chi connectivity index (χ1v) is 6.26. The number of benzene rings is 1. The summed E-state index contributed by atoms with van der Waals surface area (Å²) >= 11 is 2.04. The van der Waals surface area contributed by atoms with Gasteiger partial charge < -0.3 is 4.98 Å². The second kappa shape index (κ2) is 5.00. The number of aromatic amines is 1. The van der Waals surface area contributed by atoms with E-state index in [1.54, 1.807) is 24.4 Å². The normalized spacial score (nSPS) is 10.5. The summed E-state index contributed by atoms with van der Waals surface area (Å²) in [6.45, 7) is 1.90. The third kappa shape index (κ3) is 2.94. The molecule has 2 nitrogen and oxygen atoms in total. The Hall–Kier alpha value is -1.17. The van der Waals surface area contributed by atoms with Crippen LogP contribution in [-0.4, -0.2) is 10.8 Å². The first-order chi connectivity index (χ1) is 8.06. The van der Waals surface area contributed by atoms with Crippen LogP contribution < -0.4 is 0 Å². The molecule has 0 amide bonds. The number of hydrogen-bond donors (Lipinski definition) is 1. The van der Waals surface area contributed by atoms with E-state index in [4.69, 9.17) is 0 Å². The topological polar surface area (TPSA) is 32.9 Å². The summed E-state index contributed by atoms with van der Waals surface area (Å²) in [4.78, 5) is 14.7. The number of ketones is 1. The zero-order chi connectivity index (χ0) is 12.4. The van der Waals surface area contributed by atoms with Crippen molar-refractivity contribution >= 4 is 28.4 Å². The van der Waals surface area contributed by atoms with E-state index in [0.29, 0.717) is 11.3 Å². The Morgan fingerprint density at radius 3 is 2.76 bits per heavy atom. The van der Waals surface area contributed by atoms with Crippen LogP contribution in [0.5, 0.6) is 0 Å². The van der Waals surface area contributed by atoms with Crippen molar-refractivity contribution in [2.45, 2.75) is 13.3 Å². The van der Waals surface area contributed by atoms with E-state index < -0.39 is 0 Å². The Labute approximate surface area is 112 Å². The zero-order valence-electron chi connectivity index (χ0n) is 9.26. The molecule has 0 unspecified atom stereocenters. The van der Waals surface area contributed by atoms with Crippen molar-refractivity contribution in [3.05, 3.63) is 56.7 Å². The fourth-order valence-electron chi connectivity index (χ4n) is 1.60. The van der Waals surface area contributed by atoms with Gasteiger partial charge in [-0.15, -0.1) is 0 Å². The fraction of sp³-hybridized carbons (Fsp3) is 0.154. The summed E-state index contributed by atoms with van der Waals surface area (Å²) in [5, 5.41) is 0. The molecule has 0 aliphatic carbocycles. The second-order valence-electron chi connectivity index (χ2n) is 3.93. The third-order valence-electron chi connectivity index (χ3n) is 2.49. The summed E-state index contributed by atoms with van der Waals surface area (Å²) in [5.41, 5.74) is 1.96. The van der Waals surface area contributed by atoms with E-state index >= 15 is 0 Å². The van der Waals surface area contributed by atoms with Gasteiger partial charge in [-0.05, 0) is 58.8 Å². The smallest absolute Gasteiger partial charge is 0.183 e. The van der Waals surface area contributed by atoms with E-state index in [-0.39, 0.29) is 18.0 Å². The van der Waals surface area contributed by atoms with Crippen LogP contribution in [0.15, 0.2) is 30.5 Å².